The summed E-state index contributed by atoms with van der Waals surface area (Å²) in [6.45, 7) is 0. The molecule has 1 heterocycles. The van der Waals surface area contributed by atoms with E-state index in [9.17, 15) is 5.21 Å². The molecule has 1 N–H and O–H groups in total. The van der Waals surface area contributed by atoms with Crippen LogP contribution in [0.1, 0.15) is 0 Å². The molecule has 0 bridgehead atoms. The quantitative estimate of drug-likeness (QED) is 0.367. The van der Waals surface area contributed by atoms with Crippen molar-refractivity contribution in [1.82, 2.24) is 4.98 Å². The van der Waals surface area contributed by atoms with Gasteiger partial charge < -0.3 is 5.21 Å². The van der Waals surface area contributed by atoms with Crippen molar-refractivity contribution in [2.24, 2.45) is 0 Å². The molecular formula is C5H6ClN3O. The second-order valence-electron chi connectivity index (χ2n) is 1.65. The van der Waals surface area contributed by atoms with Gasteiger partial charge in [-0.1, -0.05) is 4.98 Å². The third-order valence-corrected chi connectivity index (χ3v) is 1.20. The van der Waals surface area contributed by atoms with E-state index in [1.165, 1.54) is 12.3 Å². The van der Waals surface area contributed by atoms with Gasteiger partial charge in [0.05, 0.1) is 13.2 Å². The molecular weight excluding hydrogens is 154 g/mol. The standard InChI is InChI=1S/C5H6ClN3O/c1-7-5-8-4(6)2-3-9(5)10/h2-3H,1H3,(H,7,8). The largest absolute Gasteiger partial charge is 0.740 e. The van der Waals surface area contributed by atoms with Crippen molar-refractivity contribution in [3.8, 4) is 0 Å². The maximum atomic E-state index is 10.7. The van der Waals surface area contributed by atoms with Crippen LogP contribution in [0.2, 0.25) is 5.15 Å². The summed E-state index contributed by atoms with van der Waals surface area (Å²) < 4.78 is 0.603. The SMILES string of the molecule is CNc1nc(Cl)cc[n+]1[O-]. The first-order valence-corrected chi connectivity index (χ1v) is 3.05. The zero-order valence-electron chi connectivity index (χ0n) is 5.34. The average molecular weight is 160 g/mol. The summed E-state index contributed by atoms with van der Waals surface area (Å²) >= 11 is 5.49. The van der Waals surface area contributed by atoms with Crippen LogP contribution in [0.25, 0.3) is 0 Å². The first-order chi connectivity index (χ1) is 4.74. The van der Waals surface area contributed by atoms with Gasteiger partial charge in [-0.3, -0.25) is 5.32 Å². The molecule has 0 radical (unpaired) electrons. The van der Waals surface area contributed by atoms with Gasteiger partial charge in [-0.25, -0.2) is 4.73 Å². The highest BCUT2D eigenvalue weighted by Crippen LogP contribution is 2.02. The number of rotatable bonds is 1. The number of nitrogens with one attached hydrogen (secondary N) is 1. The Balaban J connectivity index is 3.09. The van der Waals surface area contributed by atoms with Gasteiger partial charge in [-0.15, -0.1) is 0 Å². The second-order valence-corrected chi connectivity index (χ2v) is 2.04. The monoisotopic (exact) mass is 159 g/mol. The molecule has 1 rings (SSSR count). The fourth-order valence-corrected chi connectivity index (χ4v) is 0.690. The van der Waals surface area contributed by atoms with E-state index in [1.807, 2.05) is 0 Å². The first-order valence-electron chi connectivity index (χ1n) is 2.67. The van der Waals surface area contributed by atoms with Crippen molar-refractivity contribution in [1.29, 1.82) is 0 Å². The number of hydrogen-bond acceptors (Lipinski definition) is 3. The van der Waals surface area contributed by atoms with Crippen molar-refractivity contribution in [2.75, 3.05) is 12.4 Å². The van der Waals surface area contributed by atoms with E-state index < -0.39 is 0 Å². The molecule has 54 valence electrons. The van der Waals surface area contributed by atoms with Gasteiger partial charge in [-0.05, 0) is 11.6 Å². The minimum absolute atomic E-state index is 0.201. The minimum atomic E-state index is 0.201. The number of halogens is 1. The summed E-state index contributed by atoms with van der Waals surface area (Å²) in [6, 6.07) is 1.43. The molecule has 5 heteroatoms. The van der Waals surface area contributed by atoms with E-state index in [2.05, 4.69) is 10.3 Å². The number of anilines is 1. The van der Waals surface area contributed by atoms with Gasteiger partial charge in [0, 0.05) is 6.07 Å². The zero-order chi connectivity index (χ0) is 7.56. The van der Waals surface area contributed by atoms with Crippen molar-refractivity contribution in [3.05, 3.63) is 22.6 Å². The summed E-state index contributed by atoms with van der Waals surface area (Å²) in [5, 5.41) is 13.6. The molecule has 0 aliphatic heterocycles. The molecule has 4 nitrogen and oxygen atoms in total. The van der Waals surface area contributed by atoms with Gasteiger partial charge in [0.1, 0.15) is 0 Å². The predicted molar refractivity (Wildman–Crippen MR) is 37.8 cm³/mol. The van der Waals surface area contributed by atoms with Crippen molar-refractivity contribution >= 4 is 17.5 Å². The molecule has 0 fully saturated rings. The Kier molecular flexibility index (Phi) is 1.91. The molecule has 0 atom stereocenters. The Morgan fingerprint density at radius 2 is 2.50 bits per heavy atom. The van der Waals surface area contributed by atoms with Gasteiger partial charge in [0.15, 0.2) is 0 Å². The number of hydrogen-bond donors (Lipinski definition) is 1. The molecule has 0 spiro atoms. The fraction of sp³-hybridized carbons (Fsp3) is 0.200. The lowest BCUT2D eigenvalue weighted by atomic mass is 10.7. The summed E-state index contributed by atoms with van der Waals surface area (Å²) in [6.07, 6.45) is 1.29. The molecule has 0 aromatic carbocycles. The third-order valence-electron chi connectivity index (χ3n) is 0.993. The summed E-state index contributed by atoms with van der Waals surface area (Å²) in [5.41, 5.74) is 0. The fourth-order valence-electron chi connectivity index (χ4n) is 0.554. The molecule has 0 aliphatic carbocycles. The van der Waals surface area contributed by atoms with Crippen molar-refractivity contribution in [2.45, 2.75) is 0 Å². The molecule has 10 heavy (non-hydrogen) atoms. The van der Waals surface area contributed by atoms with E-state index in [0.717, 1.165) is 0 Å². The van der Waals surface area contributed by atoms with E-state index in [4.69, 9.17) is 11.6 Å². The van der Waals surface area contributed by atoms with Crippen molar-refractivity contribution < 1.29 is 4.73 Å². The van der Waals surface area contributed by atoms with Crippen LogP contribution in [0.3, 0.4) is 0 Å². The van der Waals surface area contributed by atoms with Gasteiger partial charge in [-0.2, -0.15) is 0 Å². The second kappa shape index (κ2) is 2.70. The molecule has 0 amide bonds. The highest BCUT2D eigenvalue weighted by Gasteiger charge is 2.02. The van der Waals surface area contributed by atoms with Crippen LogP contribution in [0.4, 0.5) is 5.95 Å². The van der Waals surface area contributed by atoms with Gasteiger partial charge >= 0.3 is 5.95 Å². The Hall–Kier alpha value is -1.03. The lowest BCUT2D eigenvalue weighted by Crippen LogP contribution is -2.30. The number of nitrogens with zero attached hydrogens (tertiary/aromatic N) is 2. The summed E-state index contributed by atoms with van der Waals surface area (Å²) in [4.78, 5) is 3.70. The highest BCUT2D eigenvalue weighted by molar-refractivity contribution is 6.29. The molecule has 0 saturated heterocycles. The van der Waals surface area contributed by atoms with Gasteiger partial charge in [0.25, 0.3) is 0 Å². The van der Waals surface area contributed by atoms with Crippen LogP contribution in [0.15, 0.2) is 12.3 Å². The van der Waals surface area contributed by atoms with Gasteiger partial charge in [0.2, 0.25) is 5.15 Å². The van der Waals surface area contributed by atoms with Crippen LogP contribution in [0.5, 0.6) is 0 Å². The lowest BCUT2D eigenvalue weighted by molar-refractivity contribution is -0.593. The Morgan fingerprint density at radius 1 is 1.80 bits per heavy atom. The maximum Gasteiger partial charge on any atom is 0.393 e. The Labute approximate surface area is 63.0 Å². The van der Waals surface area contributed by atoms with E-state index in [1.54, 1.807) is 7.05 Å². The predicted octanol–water partition coefficient (Wildman–Crippen LogP) is 0.410. The molecule has 0 unspecified atom stereocenters. The average Bonchev–Trinajstić information content (AvgIpc) is 1.94. The van der Waals surface area contributed by atoms with Crippen LogP contribution in [-0.2, 0) is 0 Å². The Bertz CT molecular complexity index is 240. The normalized spacial score (nSPS) is 9.40. The summed E-state index contributed by atoms with van der Waals surface area (Å²) in [5.74, 6) is 0.201. The van der Waals surface area contributed by atoms with E-state index in [-0.39, 0.29) is 5.95 Å². The first kappa shape index (κ1) is 7.08. The molecule has 1 aromatic heterocycles. The van der Waals surface area contributed by atoms with Crippen molar-refractivity contribution in [3.63, 3.8) is 0 Å². The van der Waals surface area contributed by atoms with Crippen LogP contribution in [0, 0.1) is 5.21 Å². The third kappa shape index (κ3) is 1.27. The molecule has 0 aliphatic rings. The molecule has 1 aromatic rings. The van der Waals surface area contributed by atoms with Crippen LogP contribution < -0.4 is 10.0 Å². The Morgan fingerprint density at radius 3 is 3.00 bits per heavy atom. The van der Waals surface area contributed by atoms with E-state index >= 15 is 0 Å². The smallest absolute Gasteiger partial charge is 0.393 e. The molecule has 0 saturated carbocycles. The lowest BCUT2D eigenvalue weighted by Gasteiger charge is -2.04. The highest BCUT2D eigenvalue weighted by atomic mass is 35.5. The van der Waals surface area contributed by atoms with Crippen LogP contribution in [-0.4, -0.2) is 12.0 Å². The maximum absolute atomic E-state index is 10.7. The van der Waals surface area contributed by atoms with E-state index in [0.29, 0.717) is 9.88 Å². The zero-order valence-corrected chi connectivity index (χ0v) is 6.09. The number of aromatic nitrogens is 2. The minimum Gasteiger partial charge on any atom is -0.740 e. The topological polar surface area (TPSA) is 51.9 Å². The summed E-state index contributed by atoms with van der Waals surface area (Å²) in [7, 11) is 1.60. The van der Waals surface area contributed by atoms with Crippen LogP contribution >= 0.6 is 11.6 Å².